The van der Waals surface area contributed by atoms with Gasteiger partial charge in [-0.3, -0.25) is 4.79 Å². The highest BCUT2D eigenvalue weighted by Crippen LogP contribution is 2.19. The first-order chi connectivity index (χ1) is 9.04. The first-order valence-electron chi connectivity index (χ1n) is 6.91. The van der Waals surface area contributed by atoms with Crippen molar-refractivity contribution < 1.29 is 4.79 Å². The quantitative estimate of drug-likeness (QED) is 0.745. The number of hydrogen-bond donors (Lipinski definition) is 2. The van der Waals surface area contributed by atoms with Crippen molar-refractivity contribution >= 4 is 5.91 Å². The molecule has 4 nitrogen and oxygen atoms in total. The van der Waals surface area contributed by atoms with Crippen LogP contribution >= 0.6 is 0 Å². The van der Waals surface area contributed by atoms with E-state index in [1.54, 1.807) is 0 Å². The van der Waals surface area contributed by atoms with Crippen molar-refractivity contribution in [2.45, 2.75) is 32.2 Å². The molecule has 0 aliphatic carbocycles. The summed E-state index contributed by atoms with van der Waals surface area (Å²) in [6.07, 6.45) is 2.22. The SMILES string of the molecule is CCCCN(CC)CC(N)(C(N)=O)c1ccccc1. The highest BCUT2D eigenvalue weighted by atomic mass is 16.1. The van der Waals surface area contributed by atoms with Gasteiger partial charge in [0.05, 0.1) is 0 Å². The van der Waals surface area contributed by atoms with E-state index in [2.05, 4.69) is 18.7 Å². The van der Waals surface area contributed by atoms with Gasteiger partial charge >= 0.3 is 0 Å². The maximum absolute atomic E-state index is 11.8. The minimum Gasteiger partial charge on any atom is -0.368 e. The Labute approximate surface area is 115 Å². The van der Waals surface area contributed by atoms with Crippen LogP contribution in [-0.4, -0.2) is 30.4 Å². The Morgan fingerprint density at radius 1 is 1.26 bits per heavy atom. The maximum Gasteiger partial charge on any atom is 0.243 e. The molecular weight excluding hydrogens is 238 g/mol. The van der Waals surface area contributed by atoms with Gasteiger partial charge in [0.15, 0.2) is 0 Å². The molecule has 0 fully saturated rings. The van der Waals surface area contributed by atoms with Crippen molar-refractivity contribution in [1.29, 1.82) is 0 Å². The van der Waals surface area contributed by atoms with Crippen LogP contribution in [0.5, 0.6) is 0 Å². The van der Waals surface area contributed by atoms with Gasteiger partial charge in [-0.2, -0.15) is 0 Å². The monoisotopic (exact) mass is 263 g/mol. The van der Waals surface area contributed by atoms with E-state index in [0.29, 0.717) is 6.54 Å². The normalized spacial score (nSPS) is 14.3. The fraction of sp³-hybridized carbons (Fsp3) is 0.533. The molecule has 19 heavy (non-hydrogen) atoms. The standard InChI is InChI=1S/C15H25N3O/c1-3-5-11-18(4-2)12-15(17,14(16)19)13-9-7-6-8-10-13/h6-10H,3-5,11-12,17H2,1-2H3,(H2,16,19). The Bertz CT molecular complexity index is 394. The number of nitrogens with zero attached hydrogens (tertiary/aromatic N) is 1. The molecule has 0 spiro atoms. The van der Waals surface area contributed by atoms with Gasteiger partial charge < -0.3 is 16.4 Å². The average Bonchev–Trinajstić information content (AvgIpc) is 2.43. The second-order valence-electron chi connectivity index (χ2n) is 4.92. The van der Waals surface area contributed by atoms with Gasteiger partial charge in [0.1, 0.15) is 5.54 Å². The summed E-state index contributed by atoms with van der Waals surface area (Å²) in [6.45, 7) is 6.48. The predicted molar refractivity (Wildman–Crippen MR) is 78.5 cm³/mol. The molecule has 4 heteroatoms. The zero-order chi connectivity index (χ0) is 14.3. The Morgan fingerprint density at radius 3 is 2.37 bits per heavy atom. The molecule has 0 radical (unpaired) electrons. The van der Waals surface area contributed by atoms with Gasteiger partial charge in [-0.1, -0.05) is 50.6 Å². The Hall–Kier alpha value is -1.39. The third kappa shape index (κ3) is 4.04. The highest BCUT2D eigenvalue weighted by molar-refractivity contribution is 5.86. The van der Waals surface area contributed by atoms with Crippen molar-refractivity contribution in [2.24, 2.45) is 11.5 Å². The first kappa shape index (κ1) is 15.7. The van der Waals surface area contributed by atoms with Crippen LogP contribution in [0.25, 0.3) is 0 Å². The van der Waals surface area contributed by atoms with E-state index in [1.807, 2.05) is 30.3 Å². The van der Waals surface area contributed by atoms with E-state index in [9.17, 15) is 4.79 Å². The smallest absolute Gasteiger partial charge is 0.243 e. The molecule has 0 heterocycles. The first-order valence-corrected chi connectivity index (χ1v) is 6.91. The molecule has 1 rings (SSSR count). The second-order valence-corrected chi connectivity index (χ2v) is 4.92. The second kappa shape index (κ2) is 7.26. The number of unbranched alkanes of at least 4 members (excludes halogenated alkanes) is 1. The van der Waals surface area contributed by atoms with Crippen LogP contribution in [0.2, 0.25) is 0 Å². The molecule has 0 saturated carbocycles. The van der Waals surface area contributed by atoms with Crippen LogP contribution in [0.1, 0.15) is 32.3 Å². The van der Waals surface area contributed by atoms with Gasteiger partial charge in [-0.15, -0.1) is 0 Å². The number of carbonyl (C=O) groups excluding carboxylic acids is 1. The average molecular weight is 263 g/mol. The van der Waals surface area contributed by atoms with E-state index < -0.39 is 11.4 Å². The van der Waals surface area contributed by atoms with E-state index in [0.717, 1.165) is 31.5 Å². The summed E-state index contributed by atoms with van der Waals surface area (Å²) < 4.78 is 0. The number of rotatable bonds is 8. The van der Waals surface area contributed by atoms with Crippen LogP contribution in [0.3, 0.4) is 0 Å². The molecule has 0 aliphatic rings. The van der Waals surface area contributed by atoms with E-state index in [4.69, 9.17) is 11.5 Å². The molecule has 1 aromatic carbocycles. The van der Waals surface area contributed by atoms with Crippen LogP contribution < -0.4 is 11.5 Å². The van der Waals surface area contributed by atoms with Gasteiger partial charge in [0, 0.05) is 6.54 Å². The zero-order valence-electron chi connectivity index (χ0n) is 11.9. The van der Waals surface area contributed by atoms with E-state index in [-0.39, 0.29) is 0 Å². The summed E-state index contributed by atoms with van der Waals surface area (Å²) in [5.41, 5.74) is 11.5. The fourth-order valence-corrected chi connectivity index (χ4v) is 2.13. The van der Waals surface area contributed by atoms with Crippen LogP contribution in [0, 0.1) is 0 Å². The minimum absolute atomic E-state index is 0.461. The lowest BCUT2D eigenvalue weighted by Crippen LogP contribution is -2.56. The molecule has 0 aliphatic heterocycles. The summed E-state index contributed by atoms with van der Waals surface area (Å²) in [5.74, 6) is -0.478. The Morgan fingerprint density at radius 2 is 1.89 bits per heavy atom. The van der Waals surface area contributed by atoms with Crippen molar-refractivity contribution in [2.75, 3.05) is 19.6 Å². The number of carbonyl (C=O) groups is 1. The summed E-state index contributed by atoms with van der Waals surface area (Å²) in [6, 6.07) is 9.38. The van der Waals surface area contributed by atoms with E-state index >= 15 is 0 Å². The molecule has 106 valence electrons. The van der Waals surface area contributed by atoms with Crippen LogP contribution in [0.4, 0.5) is 0 Å². The largest absolute Gasteiger partial charge is 0.368 e. The topological polar surface area (TPSA) is 72.3 Å². The maximum atomic E-state index is 11.8. The minimum atomic E-state index is -1.12. The number of benzene rings is 1. The van der Waals surface area contributed by atoms with Crippen molar-refractivity contribution in [3.63, 3.8) is 0 Å². The number of likely N-dealkylation sites (N-methyl/N-ethyl adjacent to an activating group) is 1. The van der Waals surface area contributed by atoms with Gasteiger partial charge in [-0.05, 0) is 25.1 Å². The Kier molecular flexibility index (Phi) is 5.99. The third-order valence-corrected chi connectivity index (χ3v) is 3.48. The predicted octanol–water partition coefficient (Wildman–Crippen LogP) is 1.45. The summed E-state index contributed by atoms with van der Waals surface area (Å²) in [4.78, 5) is 14.0. The van der Waals surface area contributed by atoms with Crippen molar-refractivity contribution in [3.05, 3.63) is 35.9 Å². The lowest BCUT2D eigenvalue weighted by molar-refractivity contribution is -0.124. The zero-order valence-corrected chi connectivity index (χ0v) is 11.9. The van der Waals surface area contributed by atoms with Crippen LogP contribution in [0.15, 0.2) is 30.3 Å². The molecule has 1 unspecified atom stereocenters. The molecule has 0 saturated heterocycles. The number of hydrogen-bond acceptors (Lipinski definition) is 3. The van der Waals surface area contributed by atoms with Crippen LogP contribution in [-0.2, 0) is 10.3 Å². The third-order valence-electron chi connectivity index (χ3n) is 3.48. The van der Waals surface area contributed by atoms with Gasteiger partial charge in [-0.25, -0.2) is 0 Å². The number of primary amides is 1. The molecule has 0 aromatic heterocycles. The number of amides is 1. The summed E-state index contributed by atoms with van der Waals surface area (Å²) in [7, 11) is 0. The molecule has 1 aromatic rings. The molecule has 0 bridgehead atoms. The van der Waals surface area contributed by atoms with Gasteiger partial charge in [0.2, 0.25) is 5.91 Å². The summed E-state index contributed by atoms with van der Waals surface area (Å²) >= 11 is 0. The lowest BCUT2D eigenvalue weighted by atomic mass is 9.89. The van der Waals surface area contributed by atoms with Gasteiger partial charge in [0.25, 0.3) is 0 Å². The molecular formula is C15H25N3O. The highest BCUT2D eigenvalue weighted by Gasteiger charge is 2.35. The van der Waals surface area contributed by atoms with Crippen molar-refractivity contribution in [1.82, 2.24) is 4.90 Å². The Balaban J connectivity index is 2.91. The molecule has 4 N–H and O–H groups in total. The fourth-order valence-electron chi connectivity index (χ4n) is 2.13. The molecule has 1 amide bonds. The molecule has 1 atom stereocenters. The summed E-state index contributed by atoms with van der Waals surface area (Å²) in [5, 5.41) is 0. The van der Waals surface area contributed by atoms with E-state index in [1.165, 1.54) is 0 Å². The number of nitrogens with two attached hydrogens (primary N) is 2. The van der Waals surface area contributed by atoms with Crippen molar-refractivity contribution in [3.8, 4) is 0 Å². The lowest BCUT2D eigenvalue weighted by Gasteiger charge is -2.33.